The number of hydrogen-bond donors (Lipinski definition) is 2. The summed E-state index contributed by atoms with van der Waals surface area (Å²) in [4.78, 5) is 10.6. The Kier molecular flexibility index (Phi) is 7.67. The molecule has 3 heteroatoms. The second kappa shape index (κ2) is 7.92. The van der Waals surface area contributed by atoms with Gasteiger partial charge in [0.25, 0.3) is 0 Å². The predicted octanol–water partition coefficient (Wildman–Crippen LogP) is 3.49. The summed E-state index contributed by atoms with van der Waals surface area (Å²) in [7, 11) is 0. The molecular formula is C11H20O2S. The molecule has 2 nitrogen and oxygen atoms in total. The van der Waals surface area contributed by atoms with Gasteiger partial charge in [0.05, 0.1) is 4.91 Å². The normalized spacial score (nSPS) is 14.1. The van der Waals surface area contributed by atoms with Crippen molar-refractivity contribution in [3.63, 3.8) is 0 Å². The van der Waals surface area contributed by atoms with Gasteiger partial charge in [0.1, 0.15) is 0 Å². The third kappa shape index (κ3) is 6.08. The van der Waals surface area contributed by atoms with E-state index in [1.165, 1.54) is 19.3 Å². The number of aliphatic carboxylic acids is 1. The van der Waals surface area contributed by atoms with E-state index in [-0.39, 0.29) is 4.91 Å². The third-order valence-corrected chi connectivity index (χ3v) is 2.78. The van der Waals surface area contributed by atoms with Gasteiger partial charge in [-0.05, 0) is 12.3 Å². The molecule has 0 amide bonds. The molecule has 14 heavy (non-hydrogen) atoms. The summed E-state index contributed by atoms with van der Waals surface area (Å²) in [5, 5.41) is 8.60. The van der Waals surface area contributed by atoms with Crippen LogP contribution in [0.1, 0.15) is 46.0 Å². The van der Waals surface area contributed by atoms with Gasteiger partial charge in [0.2, 0.25) is 0 Å². The molecule has 82 valence electrons. The van der Waals surface area contributed by atoms with Crippen LogP contribution in [0.25, 0.3) is 0 Å². The maximum Gasteiger partial charge on any atom is 0.341 e. The van der Waals surface area contributed by atoms with E-state index in [0.717, 1.165) is 12.8 Å². The first kappa shape index (κ1) is 13.6. The highest BCUT2D eigenvalue weighted by Crippen LogP contribution is 2.18. The van der Waals surface area contributed by atoms with Crippen molar-refractivity contribution in [2.45, 2.75) is 46.0 Å². The molecule has 0 fully saturated rings. The highest BCUT2D eigenvalue weighted by Gasteiger charge is 2.06. The molecule has 0 aromatic rings. The van der Waals surface area contributed by atoms with Crippen LogP contribution in [-0.4, -0.2) is 11.1 Å². The van der Waals surface area contributed by atoms with Crippen LogP contribution >= 0.6 is 12.6 Å². The second-order valence-corrected chi connectivity index (χ2v) is 4.03. The Morgan fingerprint density at radius 2 is 2.14 bits per heavy atom. The fourth-order valence-corrected chi connectivity index (χ4v) is 1.45. The lowest BCUT2D eigenvalue weighted by Gasteiger charge is -2.11. The summed E-state index contributed by atoms with van der Waals surface area (Å²) >= 11 is 3.89. The van der Waals surface area contributed by atoms with Crippen molar-refractivity contribution in [3.05, 3.63) is 11.0 Å². The van der Waals surface area contributed by atoms with E-state index in [9.17, 15) is 4.79 Å². The Hall–Kier alpha value is -0.440. The first-order chi connectivity index (χ1) is 6.61. The van der Waals surface area contributed by atoms with Crippen LogP contribution in [0.2, 0.25) is 0 Å². The molecule has 1 unspecified atom stereocenters. The summed E-state index contributed by atoms with van der Waals surface area (Å²) in [6.45, 7) is 4.32. The minimum atomic E-state index is -0.932. The molecule has 0 aliphatic heterocycles. The molecule has 0 aromatic carbocycles. The minimum absolute atomic E-state index is 0.167. The van der Waals surface area contributed by atoms with E-state index >= 15 is 0 Å². The number of allylic oxidation sites excluding steroid dienone is 1. The molecule has 0 spiro atoms. The number of rotatable bonds is 7. The molecule has 1 N–H and O–H groups in total. The largest absolute Gasteiger partial charge is 0.477 e. The Labute approximate surface area is 91.8 Å². The molecule has 0 aliphatic carbocycles. The van der Waals surface area contributed by atoms with Gasteiger partial charge in [-0.25, -0.2) is 4.79 Å². The number of carboxylic acid groups (broad SMARTS) is 1. The minimum Gasteiger partial charge on any atom is -0.477 e. The molecule has 1 atom stereocenters. The average molecular weight is 216 g/mol. The van der Waals surface area contributed by atoms with Crippen LogP contribution < -0.4 is 0 Å². The number of carboxylic acids is 1. The number of carbonyl (C=O) groups is 1. The summed E-state index contributed by atoms with van der Waals surface area (Å²) in [6, 6.07) is 0. The second-order valence-electron chi connectivity index (χ2n) is 3.55. The smallest absolute Gasteiger partial charge is 0.341 e. The van der Waals surface area contributed by atoms with Crippen LogP contribution in [-0.2, 0) is 4.79 Å². The maximum absolute atomic E-state index is 10.5. The van der Waals surface area contributed by atoms with Crippen LogP contribution in [0.4, 0.5) is 0 Å². The molecule has 0 radical (unpaired) electrons. The van der Waals surface area contributed by atoms with E-state index in [1.807, 2.05) is 0 Å². The molecule has 0 saturated heterocycles. The topological polar surface area (TPSA) is 37.3 Å². The van der Waals surface area contributed by atoms with Gasteiger partial charge in [-0.3, -0.25) is 0 Å². The zero-order valence-corrected chi connectivity index (χ0v) is 9.89. The molecular weight excluding hydrogens is 196 g/mol. The Morgan fingerprint density at radius 3 is 2.57 bits per heavy atom. The number of hydrogen-bond acceptors (Lipinski definition) is 2. The van der Waals surface area contributed by atoms with Crippen molar-refractivity contribution >= 4 is 18.6 Å². The third-order valence-electron chi connectivity index (χ3n) is 2.41. The highest BCUT2D eigenvalue weighted by molar-refractivity contribution is 7.85. The Morgan fingerprint density at radius 1 is 1.50 bits per heavy atom. The monoisotopic (exact) mass is 216 g/mol. The zero-order valence-electron chi connectivity index (χ0n) is 8.99. The standard InChI is InChI=1S/C11H20O2S/c1-3-5-6-9(4-2)7-8-10(14)11(12)13/h8-9,14H,3-7H2,1-2H3,(H,12,13). The van der Waals surface area contributed by atoms with Gasteiger partial charge in [0.15, 0.2) is 0 Å². The van der Waals surface area contributed by atoms with E-state index in [1.54, 1.807) is 6.08 Å². The van der Waals surface area contributed by atoms with Crippen molar-refractivity contribution in [2.24, 2.45) is 5.92 Å². The summed E-state index contributed by atoms with van der Waals surface area (Å²) in [5.41, 5.74) is 0. The van der Waals surface area contributed by atoms with Gasteiger partial charge in [-0.2, -0.15) is 0 Å². The molecule has 0 aliphatic rings. The summed E-state index contributed by atoms with van der Waals surface area (Å²) in [6.07, 6.45) is 7.27. The van der Waals surface area contributed by atoms with Crippen molar-refractivity contribution in [3.8, 4) is 0 Å². The van der Waals surface area contributed by atoms with Gasteiger partial charge in [-0.1, -0.05) is 45.6 Å². The van der Waals surface area contributed by atoms with E-state index in [2.05, 4.69) is 26.5 Å². The van der Waals surface area contributed by atoms with Gasteiger partial charge in [-0.15, -0.1) is 12.6 Å². The van der Waals surface area contributed by atoms with Gasteiger partial charge >= 0.3 is 5.97 Å². The molecule has 0 bridgehead atoms. The van der Waals surface area contributed by atoms with Crippen LogP contribution in [0.5, 0.6) is 0 Å². The molecule has 0 heterocycles. The quantitative estimate of drug-likeness (QED) is 0.505. The van der Waals surface area contributed by atoms with Gasteiger partial charge < -0.3 is 5.11 Å². The van der Waals surface area contributed by atoms with Crippen molar-refractivity contribution < 1.29 is 9.90 Å². The Bertz CT molecular complexity index is 199. The fraction of sp³-hybridized carbons (Fsp3) is 0.727. The van der Waals surface area contributed by atoms with Crippen LogP contribution in [0.15, 0.2) is 11.0 Å². The molecule has 0 rings (SSSR count). The van der Waals surface area contributed by atoms with E-state index in [4.69, 9.17) is 5.11 Å². The summed E-state index contributed by atoms with van der Waals surface area (Å²) < 4.78 is 0. The SMILES string of the molecule is CCCCC(CC)CC=C(S)C(=O)O. The van der Waals surface area contributed by atoms with Crippen molar-refractivity contribution in [1.29, 1.82) is 0 Å². The maximum atomic E-state index is 10.5. The van der Waals surface area contributed by atoms with Crippen molar-refractivity contribution in [1.82, 2.24) is 0 Å². The predicted molar refractivity (Wildman–Crippen MR) is 62.6 cm³/mol. The lowest BCUT2D eigenvalue weighted by Crippen LogP contribution is -1.99. The van der Waals surface area contributed by atoms with Crippen LogP contribution in [0.3, 0.4) is 0 Å². The zero-order chi connectivity index (χ0) is 11.0. The van der Waals surface area contributed by atoms with Gasteiger partial charge in [0, 0.05) is 0 Å². The number of unbranched alkanes of at least 4 members (excludes halogenated alkanes) is 1. The van der Waals surface area contributed by atoms with E-state index in [0.29, 0.717) is 5.92 Å². The first-order valence-corrected chi connectivity index (χ1v) is 5.68. The lowest BCUT2D eigenvalue weighted by molar-refractivity contribution is -0.131. The highest BCUT2D eigenvalue weighted by atomic mass is 32.1. The summed E-state index contributed by atoms with van der Waals surface area (Å²) in [5.74, 6) is -0.324. The lowest BCUT2D eigenvalue weighted by atomic mass is 9.96. The van der Waals surface area contributed by atoms with Crippen molar-refractivity contribution in [2.75, 3.05) is 0 Å². The fourth-order valence-electron chi connectivity index (χ4n) is 1.35. The molecule has 0 aromatic heterocycles. The average Bonchev–Trinajstić information content (AvgIpc) is 2.17. The first-order valence-electron chi connectivity index (χ1n) is 5.24. The van der Waals surface area contributed by atoms with E-state index < -0.39 is 5.97 Å². The number of thiol groups is 1. The Balaban J connectivity index is 3.93. The van der Waals surface area contributed by atoms with Crippen LogP contribution in [0, 0.1) is 5.92 Å². The molecule has 0 saturated carbocycles.